The number of carbonyl (C=O) groups excluding carboxylic acids is 2. The van der Waals surface area contributed by atoms with E-state index >= 15 is 0 Å². The molecule has 8 heteroatoms. The topological polar surface area (TPSA) is 87.9 Å². The average molecular weight is 370 g/mol. The third-order valence-corrected chi connectivity index (χ3v) is 4.83. The molecule has 142 valence electrons. The first kappa shape index (κ1) is 17.5. The molecule has 3 heterocycles. The van der Waals surface area contributed by atoms with Gasteiger partial charge in [0.2, 0.25) is 5.91 Å². The second kappa shape index (κ2) is 7.79. The molecule has 1 N–H and O–H groups in total. The number of aromatic nitrogens is 1. The molecule has 0 unspecified atom stereocenters. The summed E-state index contributed by atoms with van der Waals surface area (Å²) in [5.74, 6) is 0.816. The number of anilines is 1. The minimum atomic E-state index is -0.159. The van der Waals surface area contributed by atoms with Crippen LogP contribution in [0.25, 0.3) is 11.3 Å². The standard InChI is InChI=1S/C19H22N4O4/c24-15-6-8-23(9-7-20-15)19(25)16-17(14-4-2-1-3-5-14)27-21-18(16)22-10-12-26-13-11-22/h1-5H,6-13H2,(H,20,24). The molecule has 2 fully saturated rings. The maximum absolute atomic E-state index is 13.4. The van der Waals surface area contributed by atoms with E-state index in [4.69, 9.17) is 9.26 Å². The Morgan fingerprint density at radius 2 is 1.85 bits per heavy atom. The van der Waals surface area contributed by atoms with Crippen LogP contribution in [0.2, 0.25) is 0 Å². The van der Waals surface area contributed by atoms with Crippen LogP contribution in [0.15, 0.2) is 34.9 Å². The van der Waals surface area contributed by atoms with Crippen LogP contribution in [0, 0.1) is 0 Å². The fraction of sp³-hybridized carbons (Fsp3) is 0.421. The Balaban J connectivity index is 1.72. The van der Waals surface area contributed by atoms with Gasteiger partial charge in [-0.15, -0.1) is 0 Å². The number of benzene rings is 1. The van der Waals surface area contributed by atoms with Crippen molar-refractivity contribution in [2.45, 2.75) is 6.42 Å². The first-order chi connectivity index (χ1) is 13.2. The highest BCUT2D eigenvalue weighted by Crippen LogP contribution is 2.33. The predicted molar refractivity (Wildman–Crippen MR) is 98.5 cm³/mol. The van der Waals surface area contributed by atoms with Crippen LogP contribution in [0.3, 0.4) is 0 Å². The quantitative estimate of drug-likeness (QED) is 0.872. The number of morpholine rings is 1. The maximum atomic E-state index is 13.4. The van der Waals surface area contributed by atoms with Gasteiger partial charge in [-0.25, -0.2) is 0 Å². The van der Waals surface area contributed by atoms with Crippen LogP contribution >= 0.6 is 0 Å². The zero-order valence-electron chi connectivity index (χ0n) is 15.0. The van der Waals surface area contributed by atoms with Crippen molar-refractivity contribution in [2.75, 3.05) is 50.8 Å². The lowest BCUT2D eigenvalue weighted by molar-refractivity contribution is -0.120. The summed E-state index contributed by atoms with van der Waals surface area (Å²) in [5.41, 5.74) is 1.26. The Morgan fingerprint density at radius 3 is 2.63 bits per heavy atom. The first-order valence-electron chi connectivity index (χ1n) is 9.18. The Bertz CT molecular complexity index is 814. The van der Waals surface area contributed by atoms with Crippen LogP contribution in [-0.2, 0) is 9.53 Å². The molecule has 4 rings (SSSR count). The molecule has 2 aliphatic rings. The summed E-state index contributed by atoms with van der Waals surface area (Å²) >= 11 is 0. The molecule has 2 aliphatic heterocycles. The zero-order valence-corrected chi connectivity index (χ0v) is 15.0. The molecule has 27 heavy (non-hydrogen) atoms. The Kier molecular flexibility index (Phi) is 5.06. The van der Waals surface area contributed by atoms with E-state index < -0.39 is 0 Å². The van der Waals surface area contributed by atoms with Crippen molar-refractivity contribution in [1.29, 1.82) is 0 Å². The van der Waals surface area contributed by atoms with E-state index in [0.29, 0.717) is 69.5 Å². The van der Waals surface area contributed by atoms with Gasteiger partial charge in [0.1, 0.15) is 5.56 Å². The van der Waals surface area contributed by atoms with E-state index in [1.165, 1.54) is 0 Å². The Hall–Kier alpha value is -2.87. The van der Waals surface area contributed by atoms with Crippen LogP contribution < -0.4 is 10.2 Å². The second-order valence-corrected chi connectivity index (χ2v) is 6.57. The third kappa shape index (κ3) is 3.66. The monoisotopic (exact) mass is 370 g/mol. The predicted octanol–water partition coefficient (Wildman–Crippen LogP) is 1.14. The van der Waals surface area contributed by atoms with Gasteiger partial charge in [-0.1, -0.05) is 35.5 Å². The molecule has 2 saturated heterocycles. The third-order valence-electron chi connectivity index (χ3n) is 4.83. The lowest BCUT2D eigenvalue weighted by atomic mass is 10.1. The lowest BCUT2D eigenvalue weighted by Gasteiger charge is -2.28. The zero-order chi connectivity index (χ0) is 18.6. The molecule has 0 radical (unpaired) electrons. The average Bonchev–Trinajstić information content (AvgIpc) is 3.05. The van der Waals surface area contributed by atoms with Crippen LogP contribution in [0.4, 0.5) is 5.82 Å². The van der Waals surface area contributed by atoms with Crippen molar-refractivity contribution in [3.8, 4) is 11.3 Å². The number of ether oxygens (including phenoxy) is 1. The molecule has 0 atom stereocenters. The molecule has 0 saturated carbocycles. The van der Waals surface area contributed by atoms with Gasteiger partial charge < -0.3 is 24.4 Å². The Labute approximate surface area is 157 Å². The summed E-state index contributed by atoms with van der Waals surface area (Å²) in [4.78, 5) is 28.8. The minimum Gasteiger partial charge on any atom is -0.378 e. The summed E-state index contributed by atoms with van der Waals surface area (Å²) < 4.78 is 11.1. The molecule has 0 aliphatic carbocycles. The lowest BCUT2D eigenvalue weighted by Crippen LogP contribution is -2.39. The van der Waals surface area contributed by atoms with Gasteiger partial charge in [0.05, 0.1) is 13.2 Å². The van der Waals surface area contributed by atoms with E-state index in [1.54, 1.807) is 4.90 Å². The van der Waals surface area contributed by atoms with Gasteiger partial charge in [-0.3, -0.25) is 9.59 Å². The molecular formula is C19H22N4O4. The van der Waals surface area contributed by atoms with Crippen molar-refractivity contribution in [3.63, 3.8) is 0 Å². The number of nitrogens with one attached hydrogen (secondary N) is 1. The number of carbonyl (C=O) groups is 2. The van der Waals surface area contributed by atoms with Gasteiger partial charge in [0, 0.05) is 44.7 Å². The van der Waals surface area contributed by atoms with E-state index in [0.717, 1.165) is 5.56 Å². The molecule has 0 bridgehead atoms. The molecule has 8 nitrogen and oxygen atoms in total. The molecule has 2 amide bonds. The van der Waals surface area contributed by atoms with Crippen LogP contribution in [0.5, 0.6) is 0 Å². The number of amides is 2. The Morgan fingerprint density at radius 1 is 1.07 bits per heavy atom. The highest BCUT2D eigenvalue weighted by Gasteiger charge is 2.32. The molecular weight excluding hydrogens is 348 g/mol. The van der Waals surface area contributed by atoms with Crippen LogP contribution in [-0.4, -0.2) is 67.8 Å². The van der Waals surface area contributed by atoms with Crippen molar-refractivity contribution in [2.24, 2.45) is 0 Å². The van der Waals surface area contributed by atoms with Gasteiger partial charge in [0.15, 0.2) is 11.6 Å². The van der Waals surface area contributed by atoms with Gasteiger partial charge in [-0.05, 0) is 0 Å². The van der Waals surface area contributed by atoms with Crippen molar-refractivity contribution in [3.05, 3.63) is 35.9 Å². The van der Waals surface area contributed by atoms with Crippen molar-refractivity contribution < 1.29 is 18.8 Å². The number of rotatable bonds is 3. The van der Waals surface area contributed by atoms with Gasteiger partial charge in [0.25, 0.3) is 5.91 Å². The normalized spacial score (nSPS) is 18.1. The van der Waals surface area contributed by atoms with E-state index in [-0.39, 0.29) is 11.8 Å². The highest BCUT2D eigenvalue weighted by molar-refractivity contribution is 6.04. The second-order valence-electron chi connectivity index (χ2n) is 6.57. The smallest absolute Gasteiger partial charge is 0.261 e. The fourth-order valence-electron chi connectivity index (χ4n) is 3.38. The summed E-state index contributed by atoms with van der Waals surface area (Å²) in [6.45, 7) is 3.78. The molecule has 1 aromatic carbocycles. The number of hydrogen-bond acceptors (Lipinski definition) is 6. The van der Waals surface area contributed by atoms with Crippen molar-refractivity contribution >= 4 is 17.6 Å². The number of hydrogen-bond donors (Lipinski definition) is 1. The van der Waals surface area contributed by atoms with Crippen LogP contribution in [0.1, 0.15) is 16.8 Å². The van der Waals surface area contributed by atoms with E-state index in [1.807, 2.05) is 35.2 Å². The highest BCUT2D eigenvalue weighted by atomic mass is 16.5. The van der Waals surface area contributed by atoms with Crippen molar-refractivity contribution in [1.82, 2.24) is 15.4 Å². The first-order valence-corrected chi connectivity index (χ1v) is 9.18. The fourth-order valence-corrected chi connectivity index (χ4v) is 3.38. The molecule has 2 aromatic rings. The number of nitrogens with zero attached hydrogens (tertiary/aromatic N) is 3. The SMILES string of the molecule is O=C1CCN(C(=O)c2c(N3CCOCC3)noc2-c2ccccc2)CCN1. The summed E-state index contributed by atoms with van der Waals surface area (Å²) in [6, 6.07) is 9.50. The molecule has 1 aromatic heterocycles. The summed E-state index contributed by atoms with van der Waals surface area (Å²) in [5, 5.41) is 7.04. The maximum Gasteiger partial charge on any atom is 0.261 e. The summed E-state index contributed by atoms with van der Waals surface area (Å²) in [6.07, 6.45) is 0.296. The van der Waals surface area contributed by atoms with E-state index in [2.05, 4.69) is 10.5 Å². The van der Waals surface area contributed by atoms with Gasteiger partial charge >= 0.3 is 0 Å². The van der Waals surface area contributed by atoms with Gasteiger partial charge in [-0.2, -0.15) is 0 Å². The largest absolute Gasteiger partial charge is 0.378 e. The minimum absolute atomic E-state index is 0.0349. The van der Waals surface area contributed by atoms with E-state index in [9.17, 15) is 9.59 Å². The summed E-state index contributed by atoms with van der Waals surface area (Å²) in [7, 11) is 0. The molecule has 0 spiro atoms.